The predicted molar refractivity (Wildman–Crippen MR) is 120 cm³/mol. The van der Waals surface area contributed by atoms with E-state index in [0.717, 1.165) is 36.3 Å². The Morgan fingerprint density at radius 3 is 2.26 bits per heavy atom. The predicted octanol–water partition coefficient (Wildman–Crippen LogP) is 3.77. The van der Waals surface area contributed by atoms with Gasteiger partial charge in [0.25, 0.3) is 11.8 Å². The molecule has 7 heteroatoms. The normalized spacial score (nSPS) is 20.1. The van der Waals surface area contributed by atoms with Crippen LogP contribution >= 0.6 is 0 Å². The van der Waals surface area contributed by atoms with E-state index >= 15 is 0 Å². The van der Waals surface area contributed by atoms with E-state index in [4.69, 9.17) is 0 Å². The van der Waals surface area contributed by atoms with Gasteiger partial charge in [0.1, 0.15) is 5.54 Å². The van der Waals surface area contributed by atoms with Gasteiger partial charge >= 0.3 is 6.03 Å². The van der Waals surface area contributed by atoms with Crippen LogP contribution in [0.15, 0.2) is 24.3 Å². The first kappa shape index (κ1) is 23.3. The molecule has 1 aromatic carbocycles. The molecule has 2 aliphatic rings. The minimum Gasteiger partial charge on any atom is -0.322 e. The Bertz CT molecular complexity index is 800. The molecule has 0 aromatic heterocycles. The number of benzene rings is 1. The zero-order valence-electron chi connectivity index (χ0n) is 19.2. The molecule has 3 rings (SSSR count). The first-order valence-corrected chi connectivity index (χ1v) is 11.6. The summed E-state index contributed by atoms with van der Waals surface area (Å²) in [6, 6.07) is 7.98. The van der Waals surface area contributed by atoms with E-state index in [1.54, 1.807) is 0 Å². The van der Waals surface area contributed by atoms with Crippen LogP contribution < -0.4 is 16.1 Å². The molecule has 170 valence electrons. The van der Waals surface area contributed by atoms with Gasteiger partial charge in [-0.25, -0.2) is 4.79 Å². The van der Waals surface area contributed by atoms with Crippen molar-refractivity contribution < 1.29 is 14.4 Å². The average molecular weight is 429 g/mol. The van der Waals surface area contributed by atoms with Gasteiger partial charge in [0.2, 0.25) is 0 Å². The van der Waals surface area contributed by atoms with Gasteiger partial charge in [0.15, 0.2) is 0 Å². The molecule has 2 fully saturated rings. The number of nitrogens with zero attached hydrogens (tertiary/aromatic N) is 1. The summed E-state index contributed by atoms with van der Waals surface area (Å²) in [4.78, 5) is 37.7. The topological polar surface area (TPSA) is 90.5 Å². The molecule has 2 atom stereocenters. The fraction of sp³-hybridized carbons (Fsp3) is 0.625. The maximum Gasteiger partial charge on any atom is 0.344 e. The largest absolute Gasteiger partial charge is 0.344 e. The Morgan fingerprint density at radius 2 is 1.68 bits per heavy atom. The van der Waals surface area contributed by atoms with Crippen LogP contribution in [0, 0.1) is 5.92 Å². The molecule has 1 heterocycles. The van der Waals surface area contributed by atoms with Crippen LogP contribution in [0.3, 0.4) is 0 Å². The molecule has 1 saturated carbocycles. The molecule has 1 aliphatic carbocycles. The first-order chi connectivity index (χ1) is 14.8. The highest BCUT2D eigenvalue weighted by atomic mass is 16.2. The third-order valence-corrected chi connectivity index (χ3v) is 6.73. The summed E-state index contributed by atoms with van der Waals surface area (Å²) in [5.41, 5.74) is 4.08. The summed E-state index contributed by atoms with van der Waals surface area (Å²) in [6.07, 6.45) is 5.22. The Balaban J connectivity index is 1.59. The monoisotopic (exact) mass is 428 g/mol. The van der Waals surface area contributed by atoms with Gasteiger partial charge in [-0.05, 0) is 42.2 Å². The molecule has 1 aromatic rings. The maximum absolute atomic E-state index is 12.8. The molecule has 3 N–H and O–H groups in total. The van der Waals surface area contributed by atoms with E-state index in [0.29, 0.717) is 18.8 Å². The fourth-order valence-electron chi connectivity index (χ4n) is 4.59. The second-order valence-electron chi connectivity index (χ2n) is 9.33. The van der Waals surface area contributed by atoms with E-state index < -0.39 is 17.5 Å². The van der Waals surface area contributed by atoms with Gasteiger partial charge in [-0.1, -0.05) is 71.2 Å². The number of carbonyl (C=O) groups excluding carboxylic acids is 3. The quantitative estimate of drug-likeness (QED) is 0.550. The summed E-state index contributed by atoms with van der Waals surface area (Å²) in [7, 11) is 0. The Morgan fingerprint density at radius 1 is 1.06 bits per heavy atom. The fourth-order valence-corrected chi connectivity index (χ4v) is 4.59. The first-order valence-electron chi connectivity index (χ1n) is 11.6. The van der Waals surface area contributed by atoms with E-state index in [1.807, 2.05) is 0 Å². The number of amides is 4. The lowest BCUT2D eigenvalue weighted by molar-refractivity contribution is -0.139. The lowest BCUT2D eigenvalue weighted by Gasteiger charge is -2.30. The molecule has 31 heavy (non-hydrogen) atoms. The highest BCUT2D eigenvalue weighted by molar-refractivity contribution is 6.08. The van der Waals surface area contributed by atoms with Gasteiger partial charge in [-0.3, -0.25) is 15.0 Å². The van der Waals surface area contributed by atoms with Crippen molar-refractivity contribution >= 4 is 17.8 Å². The second kappa shape index (κ2) is 9.81. The number of imide groups is 1. The molecule has 1 aliphatic heterocycles. The lowest BCUT2D eigenvalue weighted by Crippen LogP contribution is -2.52. The van der Waals surface area contributed by atoms with Crippen LogP contribution in [-0.4, -0.2) is 34.9 Å². The van der Waals surface area contributed by atoms with E-state index in [2.05, 4.69) is 68.0 Å². The number of urea groups is 1. The summed E-state index contributed by atoms with van der Waals surface area (Å²) in [5.74, 6) is 0.0381. The number of carbonyl (C=O) groups is 3. The molecule has 0 bridgehead atoms. The van der Waals surface area contributed by atoms with Crippen molar-refractivity contribution in [3.63, 3.8) is 0 Å². The molecule has 7 nitrogen and oxygen atoms in total. The number of rotatable bonds is 8. The molecular weight excluding hydrogens is 392 g/mol. The molecule has 0 unspecified atom stereocenters. The summed E-state index contributed by atoms with van der Waals surface area (Å²) in [6.45, 7) is 8.60. The number of hydrazine groups is 1. The Labute approximate surface area is 185 Å². The molecule has 1 saturated heterocycles. The standard InChI is InChI=1S/C24H36N4O3/c1-5-17(4)18-9-11-19(12-10-18)21(16(2)3)25-15-20(29)27-28-22(30)24(26-23(28)31)13-7-6-8-14-24/h9-12,16-17,21,25H,5-8,13-15H2,1-4H3,(H,26,31)(H,27,29)/t17-,21+/m0/s1. The van der Waals surface area contributed by atoms with Gasteiger partial charge in [0, 0.05) is 6.04 Å². The van der Waals surface area contributed by atoms with Crippen molar-refractivity contribution in [2.45, 2.75) is 83.7 Å². The van der Waals surface area contributed by atoms with Gasteiger partial charge in [0.05, 0.1) is 6.54 Å². The Kier molecular flexibility index (Phi) is 7.36. The third kappa shape index (κ3) is 5.09. The van der Waals surface area contributed by atoms with Crippen LogP contribution in [0.2, 0.25) is 0 Å². The Hall–Kier alpha value is -2.41. The number of nitrogens with one attached hydrogen (secondary N) is 3. The third-order valence-electron chi connectivity index (χ3n) is 6.73. The summed E-state index contributed by atoms with van der Waals surface area (Å²) in [5, 5.41) is 6.96. The average Bonchev–Trinajstić information content (AvgIpc) is 2.97. The van der Waals surface area contributed by atoms with Crippen molar-refractivity contribution in [1.29, 1.82) is 0 Å². The van der Waals surface area contributed by atoms with Crippen molar-refractivity contribution in [2.75, 3.05) is 6.54 Å². The molecule has 4 amide bonds. The van der Waals surface area contributed by atoms with Crippen LogP contribution in [-0.2, 0) is 9.59 Å². The van der Waals surface area contributed by atoms with Crippen LogP contribution in [0.4, 0.5) is 4.79 Å². The highest BCUT2D eigenvalue weighted by Gasteiger charge is 2.52. The molecule has 0 radical (unpaired) electrons. The highest BCUT2D eigenvalue weighted by Crippen LogP contribution is 2.33. The van der Waals surface area contributed by atoms with Crippen molar-refractivity contribution in [2.24, 2.45) is 5.92 Å². The van der Waals surface area contributed by atoms with Crippen LogP contribution in [0.5, 0.6) is 0 Å². The molecule has 1 spiro atoms. The second-order valence-corrected chi connectivity index (χ2v) is 9.33. The zero-order chi connectivity index (χ0) is 22.6. The number of hydrogen-bond donors (Lipinski definition) is 3. The van der Waals surface area contributed by atoms with Crippen LogP contribution in [0.25, 0.3) is 0 Å². The SMILES string of the molecule is CC[C@H](C)c1ccc([C@H](NCC(=O)NN2C(=O)NC3(CCCCC3)C2=O)C(C)C)cc1. The van der Waals surface area contributed by atoms with E-state index in [1.165, 1.54) is 5.56 Å². The van der Waals surface area contributed by atoms with Crippen molar-refractivity contribution in [1.82, 2.24) is 21.1 Å². The summed E-state index contributed by atoms with van der Waals surface area (Å²) < 4.78 is 0. The van der Waals surface area contributed by atoms with E-state index in [9.17, 15) is 14.4 Å². The van der Waals surface area contributed by atoms with Crippen LogP contribution in [0.1, 0.15) is 89.3 Å². The summed E-state index contributed by atoms with van der Waals surface area (Å²) >= 11 is 0. The van der Waals surface area contributed by atoms with Crippen molar-refractivity contribution in [3.05, 3.63) is 35.4 Å². The van der Waals surface area contributed by atoms with Gasteiger partial charge < -0.3 is 10.6 Å². The van der Waals surface area contributed by atoms with Gasteiger partial charge in [-0.15, -0.1) is 0 Å². The van der Waals surface area contributed by atoms with E-state index in [-0.39, 0.29) is 24.4 Å². The smallest absolute Gasteiger partial charge is 0.322 e. The van der Waals surface area contributed by atoms with Crippen molar-refractivity contribution in [3.8, 4) is 0 Å². The maximum atomic E-state index is 12.8. The number of hydrogen-bond acceptors (Lipinski definition) is 4. The minimum atomic E-state index is -0.839. The zero-order valence-corrected chi connectivity index (χ0v) is 19.2. The van der Waals surface area contributed by atoms with Gasteiger partial charge in [-0.2, -0.15) is 5.01 Å². The lowest BCUT2D eigenvalue weighted by atomic mass is 9.82. The minimum absolute atomic E-state index is 0.00970. The molecular formula is C24H36N4O3.